The Morgan fingerprint density at radius 1 is 1.40 bits per heavy atom. The van der Waals surface area contributed by atoms with E-state index in [2.05, 4.69) is 6.92 Å². The summed E-state index contributed by atoms with van der Waals surface area (Å²) in [5.41, 5.74) is 0.961. The minimum atomic E-state index is -0.000823. The minimum Gasteiger partial charge on any atom is -0.299 e. The lowest BCUT2D eigenvalue weighted by molar-refractivity contribution is -0.123. The van der Waals surface area contributed by atoms with Crippen LogP contribution >= 0.6 is 11.6 Å². The lowest BCUT2D eigenvalue weighted by Crippen LogP contribution is -2.17. The number of carbonyl (C=O) groups excluding carboxylic acids is 1. The first-order valence-electron chi connectivity index (χ1n) is 5.45. The first kappa shape index (κ1) is 10.7. The van der Waals surface area contributed by atoms with E-state index in [1.54, 1.807) is 0 Å². The summed E-state index contributed by atoms with van der Waals surface area (Å²) in [7, 11) is 0. The Kier molecular flexibility index (Phi) is 2.83. The molecule has 0 saturated heterocycles. The van der Waals surface area contributed by atoms with Crippen LogP contribution in [0.1, 0.15) is 31.7 Å². The molecule has 80 valence electrons. The third-order valence-corrected chi connectivity index (χ3v) is 3.80. The van der Waals surface area contributed by atoms with Crippen molar-refractivity contribution in [1.82, 2.24) is 0 Å². The number of hydrogen-bond donors (Lipinski definition) is 0. The van der Waals surface area contributed by atoms with Crippen molar-refractivity contribution < 1.29 is 4.79 Å². The zero-order valence-electron chi connectivity index (χ0n) is 8.92. The number of hydrogen-bond acceptors (Lipinski definition) is 1. The van der Waals surface area contributed by atoms with Crippen molar-refractivity contribution in [1.29, 1.82) is 0 Å². The minimum absolute atomic E-state index is 0.000823. The standard InChI is InChI=1S/C13H15ClO/c1-2-13(7-8-13)12(15)9-10-5-3-4-6-11(10)14/h3-6H,2,7-9H2,1H3. The van der Waals surface area contributed by atoms with Crippen molar-refractivity contribution in [3.8, 4) is 0 Å². The zero-order chi connectivity index (χ0) is 10.9. The van der Waals surface area contributed by atoms with E-state index in [4.69, 9.17) is 11.6 Å². The van der Waals surface area contributed by atoms with Gasteiger partial charge in [-0.2, -0.15) is 0 Å². The number of rotatable bonds is 4. The Hall–Kier alpha value is -0.820. The zero-order valence-corrected chi connectivity index (χ0v) is 9.68. The third kappa shape index (κ3) is 2.07. The van der Waals surface area contributed by atoms with Crippen LogP contribution in [0.5, 0.6) is 0 Å². The average molecular weight is 223 g/mol. The van der Waals surface area contributed by atoms with E-state index < -0.39 is 0 Å². The fourth-order valence-corrected chi connectivity index (χ4v) is 2.19. The van der Waals surface area contributed by atoms with Crippen LogP contribution in [0.3, 0.4) is 0 Å². The second-order valence-electron chi connectivity index (χ2n) is 4.33. The number of halogens is 1. The molecule has 1 aliphatic carbocycles. The van der Waals surface area contributed by atoms with Gasteiger partial charge in [-0.15, -0.1) is 0 Å². The lowest BCUT2D eigenvalue weighted by Gasteiger charge is -2.11. The highest BCUT2D eigenvalue weighted by molar-refractivity contribution is 6.31. The summed E-state index contributed by atoms with van der Waals surface area (Å²) in [5.74, 6) is 0.359. The second kappa shape index (κ2) is 3.97. The molecule has 0 heterocycles. The quantitative estimate of drug-likeness (QED) is 0.760. The van der Waals surface area contributed by atoms with Crippen molar-refractivity contribution in [3.05, 3.63) is 34.9 Å². The summed E-state index contributed by atoms with van der Waals surface area (Å²) < 4.78 is 0. The summed E-state index contributed by atoms with van der Waals surface area (Å²) in [5, 5.41) is 0.706. The molecule has 0 bridgehead atoms. The fourth-order valence-electron chi connectivity index (χ4n) is 1.98. The molecule has 1 nitrogen and oxygen atoms in total. The highest BCUT2D eigenvalue weighted by atomic mass is 35.5. The van der Waals surface area contributed by atoms with Gasteiger partial charge in [0.25, 0.3) is 0 Å². The number of benzene rings is 1. The molecule has 1 aromatic carbocycles. The highest BCUT2D eigenvalue weighted by Gasteiger charge is 2.47. The Bertz CT molecular complexity index is 380. The van der Waals surface area contributed by atoms with Gasteiger partial charge in [0.05, 0.1) is 0 Å². The van der Waals surface area contributed by atoms with Crippen LogP contribution in [0.4, 0.5) is 0 Å². The average Bonchev–Trinajstić information content (AvgIpc) is 3.02. The molecule has 0 amide bonds. The Morgan fingerprint density at radius 2 is 2.07 bits per heavy atom. The smallest absolute Gasteiger partial charge is 0.143 e. The van der Waals surface area contributed by atoms with Gasteiger partial charge in [0.2, 0.25) is 0 Å². The Balaban J connectivity index is 2.10. The first-order valence-corrected chi connectivity index (χ1v) is 5.82. The number of ketones is 1. The molecule has 0 atom stereocenters. The predicted molar refractivity (Wildman–Crippen MR) is 62.1 cm³/mol. The van der Waals surface area contributed by atoms with Crippen LogP contribution < -0.4 is 0 Å². The van der Waals surface area contributed by atoms with E-state index in [-0.39, 0.29) is 5.41 Å². The highest BCUT2D eigenvalue weighted by Crippen LogP contribution is 2.50. The topological polar surface area (TPSA) is 17.1 Å². The predicted octanol–water partition coefficient (Wildman–Crippen LogP) is 3.64. The van der Waals surface area contributed by atoms with Crippen LogP contribution in [-0.2, 0) is 11.2 Å². The van der Waals surface area contributed by atoms with Gasteiger partial charge in [0.1, 0.15) is 5.78 Å². The third-order valence-electron chi connectivity index (χ3n) is 3.43. The maximum atomic E-state index is 12.0. The molecular weight excluding hydrogens is 208 g/mol. The van der Waals surface area contributed by atoms with Gasteiger partial charge in [-0.3, -0.25) is 4.79 Å². The van der Waals surface area contributed by atoms with Crippen LogP contribution in [0.15, 0.2) is 24.3 Å². The van der Waals surface area contributed by atoms with Gasteiger partial charge in [-0.25, -0.2) is 0 Å². The molecular formula is C13H15ClO. The number of carbonyl (C=O) groups is 1. The molecule has 0 aliphatic heterocycles. The van der Waals surface area contributed by atoms with Gasteiger partial charge in [-0.1, -0.05) is 36.7 Å². The van der Waals surface area contributed by atoms with Crippen LogP contribution in [0.25, 0.3) is 0 Å². The van der Waals surface area contributed by atoms with Gasteiger partial charge in [0.15, 0.2) is 0 Å². The molecule has 1 aliphatic rings. The molecule has 2 rings (SSSR count). The van der Waals surface area contributed by atoms with Crippen molar-refractivity contribution in [3.63, 3.8) is 0 Å². The van der Waals surface area contributed by atoms with Gasteiger partial charge >= 0.3 is 0 Å². The maximum absolute atomic E-state index is 12.0. The second-order valence-corrected chi connectivity index (χ2v) is 4.73. The molecule has 0 spiro atoms. The van der Waals surface area contributed by atoms with E-state index in [0.717, 1.165) is 24.8 Å². The molecule has 1 fully saturated rings. The van der Waals surface area contributed by atoms with E-state index in [9.17, 15) is 4.79 Å². The summed E-state index contributed by atoms with van der Waals surface area (Å²) >= 11 is 6.03. The monoisotopic (exact) mass is 222 g/mol. The van der Waals surface area contributed by atoms with Gasteiger partial charge in [0, 0.05) is 16.9 Å². The van der Waals surface area contributed by atoms with Crippen LogP contribution in [0, 0.1) is 5.41 Å². The normalized spacial score (nSPS) is 17.5. The molecule has 0 radical (unpaired) electrons. The fraction of sp³-hybridized carbons (Fsp3) is 0.462. The molecule has 2 heteroatoms. The molecule has 0 unspecified atom stereocenters. The summed E-state index contributed by atoms with van der Waals surface area (Å²) in [6.45, 7) is 2.09. The molecule has 1 aromatic rings. The first-order chi connectivity index (χ1) is 7.18. The molecule has 0 N–H and O–H groups in total. The van der Waals surface area contributed by atoms with E-state index >= 15 is 0 Å². The molecule has 0 aromatic heterocycles. The summed E-state index contributed by atoms with van der Waals surface area (Å²) in [6.07, 6.45) is 3.59. The van der Waals surface area contributed by atoms with Crippen molar-refractivity contribution in [2.24, 2.45) is 5.41 Å². The summed E-state index contributed by atoms with van der Waals surface area (Å²) in [6, 6.07) is 7.60. The molecule has 15 heavy (non-hydrogen) atoms. The van der Waals surface area contributed by atoms with Crippen molar-refractivity contribution in [2.45, 2.75) is 32.6 Å². The van der Waals surface area contributed by atoms with Crippen LogP contribution in [0.2, 0.25) is 5.02 Å². The van der Waals surface area contributed by atoms with Crippen LogP contribution in [-0.4, -0.2) is 5.78 Å². The summed E-state index contributed by atoms with van der Waals surface area (Å²) in [4.78, 5) is 12.0. The van der Waals surface area contributed by atoms with Gasteiger partial charge < -0.3 is 0 Å². The van der Waals surface area contributed by atoms with E-state index in [0.29, 0.717) is 17.2 Å². The van der Waals surface area contributed by atoms with Crippen molar-refractivity contribution in [2.75, 3.05) is 0 Å². The molecule has 1 saturated carbocycles. The largest absolute Gasteiger partial charge is 0.299 e. The van der Waals surface area contributed by atoms with E-state index in [1.807, 2.05) is 24.3 Å². The SMILES string of the molecule is CCC1(C(=O)Cc2ccccc2Cl)CC1. The lowest BCUT2D eigenvalue weighted by atomic mass is 9.93. The van der Waals surface area contributed by atoms with Crippen molar-refractivity contribution >= 4 is 17.4 Å². The Labute approximate surface area is 95.4 Å². The Morgan fingerprint density at radius 3 is 2.60 bits per heavy atom. The number of Topliss-reactive ketones (excluding diaryl/α,β-unsaturated/α-hetero) is 1. The maximum Gasteiger partial charge on any atom is 0.143 e. The van der Waals surface area contributed by atoms with E-state index in [1.165, 1.54) is 0 Å². The van der Waals surface area contributed by atoms with Gasteiger partial charge in [-0.05, 0) is 30.9 Å².